The molecule has 104 valence electrons. The molecule has 2 aliphatic rings. The van der Waals surface area contributed by atoms with Crippen molar-refractivity contribution in [1.82, 2.24) is 4.90 Å². The van der Waals surface area contributed by atoms with E-state index in [4.69, 9.17) is 9.84 Å². The van der Waals surface area contributed by atoms with Crippen LogP contribution in [0.15, 0.2) is 0 Å². The third-order valence-electron chi connectivity index (χ3n) is 4.43. The number of aliphatic carboxylic acids is 1. The Morgan fingerprint density at radius 2 is 2.00 bits per heavy atom. The van der Waals surface area contributed by atoms with Crippen LogP contribution in [0.2, 0.25) is 0 Å². The van der Waals surface area contributed by atoms with Gasteiger partial charge in [-0.3, -0.25) is 9.69 Å². The van der Waals surface area contributed by atoms with Gasteiger partial charge in [0.05, 0.1) is 19.1 Å². The first-order valence-electron chi connectivity index (χ1n) is 7.24. The van der Waals surface area contributed by atoms with Crippen LogP contribution in [-0.4, -0.2) is 47.8 Å². The Morgan fingerprint density at radius 1 is 1.28 bits per heavy atom. The highest BCUT2D eigenvalue weighted by atomic mass is 16.5. The lowest BCUT2D eigenvalue weighted by molar-refractivity contribution is -0.138. The zero-order valence-electron chi connectivity index (χ0n) is 11.3. The summed E-state index contributed by atoms with van der Waals surface area (Å²) >= 11 is 0. The number of nitrogens with zero attached hydrogens (tertiary/aromatic N) is 1. The van der Waals surface area contributed by atoms with Crippen LogP contribution in [0.4, 0.5) is 0 Å². The van der Waals surface area contributed by atoms with E-state index in [0.717, 1.165) is 37.9 Å². The number of carboxylic acids is 1. The number of carboxylic acid groups (broad SMARTS) is 1. The zero-order chi connectivity index (χ0) is 13.0. The summed E-state index contributed by atoms with van der Waals surface area (Å²) in [7, 11) is 0. The van der Waals surface area contributed by atoms with E-state index in [-0.39, 0.29) is 12.5 Å². The topological polar surface area (TPSA) is 49.8 Å². The minimum Gasteiger partial charge on any atom is -0.481 e. The predicted octanol–water partition coefficient (Wildman–Crippen LogP) is 2.13. The fourth-order valence-electron chi connectivity index (χ4n) is 3.36. The van der Waals surface area contributed by atoms with Gasteiger partial charge in [-0.1, -0.05) is 13.3 Å². The molecule has 1 aliphatic carbocycles. The molecule has 0 aromatic rings. The molecule has 2 atom stereocenters. The molecule has 1 heterocycles. The summed E-state index contributed by atoms with van der Waals surface area (Å²) in [5, 5.41) is 8.57. The number of likely N-dealkylation sites (tertiary alicyclic amines) is 1. The van der Waals surface area contributed by atoms with Gasteiger partial charge >= 0.3 is 5.97 Å². The van der Waals surface area contributed by atoms with E-state index in [1.165, 1.54) is 19.3 Å². The lowest BCUT2D eigenvalue weighted by Gasteiger charge is -2.37. The van der Waals surface area contributed by atoms with Crippen LogP contribution in [-0.2, 0) is 9.53 Å². The Kier molecular flexibility index (Phi) is 5.01. The molecule has 0 spiro atoms. The number of carbonyl (C=O) groups is 1. The highest BCUT2D eigenvalue weighted by Crippen LogP contribution is 2.31. The summed E-state index contributed by atoms with van der Waals surface area (Å²) in [6, 6.07) is 0.782. The van der Waals surface area contributed by atoms with Crippen molar-refractivity contribution in [2.45, 2.75) is 57.6 Å². The molecule has 1 N–H and O–H groups in total. The van der Waals surface area contributed by atoms with Crippen molar-refractivity contribution in [3.8, 4) is 0 Å². The Hall–Kier alpha value is -0.610. The van der Waals surface area contributed by atoms with Gasteiger partial charge in [0, 0.05) is 19.1 Å². The lowest BCUT2D eigenvalue weighted by atomic mass is 10.00. The van der Waals surface area contributed by atoms with E-state index in [2.05, 4.69) is 11.8 Å². The van der Waals surface area contributed by atoms with Crippen LogP contribution >= 0.6 is 0 Å². The third kappa shape index (κ3) is 3.69. The maximum atomic E-state index is 10.4. The molecule has 0 aromatic heterocycles. The van der Waals surface area contributed by atoms with E-state index in [9.17, 15) is 4.79 Å². The van der Waals surface area contributed by atoms with Gasteiger partial charge < -0.3 is 9.84 Å². The standard InChI is InChI=1S/C14H25NO3/c1-11-3-2-4-13(11)15-8-5-12(6-9-15)18-10-7-14(16)17/h11-13H,2-10H2,1H3,(H,16,17). The predicted molar refractivity (Wildman–Crippen MR) is 69.6 cm³/mol. The summed E-state index contributed by atoms with van der Waals surface area (Å²) < 4.78 is 5.62. The Morgan fingerprint density at radius 3 is 2.56 bits per heavy atom. The molecule has 1 saturated heterocycles. The normalized spacial score (nSPS) is 30.7. The number of hydrogen-bond donors (Lipinski definition) is 1. The highest BCUT2D eigenvalue weighted by molar-refractivity contribution is 5.66. The molecule has 0 bridgehead atoms. The third-order valence-corrected chi connectivity index (χ3v) is 4.43. The van der Waals surface area contributed by atoms with Gasteiger partial charge in [-0.25, -0.2) is 0 Å². The maximum absolute atomic E-state index is 10.4. The second kappa shape index (κ2) is 6.53. The van der Waals surface area contributed by atoms with Crippen molar-refractivity contribution < 1.29 is 14.6 Å². The van der Waals surface area contributed by atoms with Crippen molar-refractivity contribution in [1.29, 1.82) is 0 Å². The zero-order valence-corrected chi connectivity index (χ0v) is 11.3. The Balaban J connectivity index is 1.66. The number of ether oxygens (including phenoxy) is 1. The van der Waals surface area contributed by atoms with Crippen molar-refractivity contribution in [2.24, 2.45) is 5.92 Å². The summed E-state index contributed by atoms with van der Waals surface area (Å²) in [5.41, 5.74) is 0. The monoisotopic (exact) mass is 255 g/mol. The van der Waals surface area contributed by atoms with Gasteiger partial charge in [-0.05, 0) is 31.6 Å². The van der Waals surface area contributed by atoms with Gasteiger partial charge in [0.1, 0.15) is 0 Å². The van der Waals surface area contributed by atoms with Crippen LogP contribution in [0, 0.1) is 5.92 Å². The van der Waals surface area contributed by atoms with Crippen LogP contribution in [0.1, 0.15) is 45.4 Å². The highest BCUT2D eigenvalue weighted by Gasteiger charge is 2.31. The molecular weight excluding hydrogens is 230 g/mol. The second-order valence-electron chi connectivity index (χ2n) is 5.73. The first-order valence-corrected chi connectivity index (χ1v) is 7.24. The molecule has 18 heavy (non-hydrogen) atoms. The van der Waals surface area contributed by atoms with E-state index >= 15 is 0 Å². The Bertz CT molecular complexity index is 274. The quantitative estimate of drug-likeness (QED) is 0.817. The van der Waals surface area contributed by atoms with Crippen molar-refractivity contribution in [2.75, 3.05) is 19.7 Å². The average Bonchev–Trinajstić information content (AvgIpc) is 2.76. The van der Waals surface area contributed by atoms with Gasteiger partial charge in [0.15, 0.2) is 0 Å². The van der Waals surface area contributed by atoms with Gasteiger partial charge in [-0.2, -0.15) is 0 Å². The molecule has 4 nitrogen and oxygen atoms in total. The van der Waals surface area contributed by atoms with E-state index in [0.29, 0.717) is 6.61 Å². The van der Waals surface area contributed by atoms with Gasteiger partial charge in [0.25, 0.3) is 0 Å². The second-order valence-corrected chi connectivity index (χ2v) is 5.73. The van der Waals surface area contributed by atoms with E-state index in [1.54, 1.807) is 0 Å². The van der Waals surface area contributed by atoms with Crippen LogP contribution in [0.5, 0.6) is 0 Å². The maximum Gasteiger partial charge on any atom is 0.305 e. The van der Waals surface area contributed by atoms with Crippen molar-refractivity contribution in [3.63, 3.8) is 0 Å². The fraction of sp³-hybridized carbons (Fsp3) is 0.929. The largest absolute Gasteiger partial charge is 0.481 e. The van der Waals surface area contributed by atoms with E-state index in [1.807, 2.05) is 0 Å². The van der Waals surface area contributed by atoms with Crippen molar-refractivity contribution in [3.05, 3.63) is 0 Å². The molecule has 0 aromatic carbocycles. The molecule has 4 heteroatoms. The average molecular weight is 255 g/mol. The van der Waals surface area contributed by atoms with Crippen LogP contribution < -0.4 is 0 Å². The molecule has 0 radical (unpaired) electrons. The molecule has 2 rings (SSSR count). The van der Waals surface area contributed by atoms with Crippen molar-refractivity contribution >= 4 is 5.97 Å². The lowest BCUT2D eigenvalue weighted by Crippen LogP contribution is -2.44. The molecule has 1 saturated carbocycles. The molecule has 0 amide bonds. The summed E-state index contributed by atoms with van der Waals surface area (Å²) in [4.78, 5) is 13.0. The molecule has 2 fully saturated rings. The summed E-state index contributed by atoms with van der Waals surface area (Å²) in [5.74, 6) is 0.0710. The number of piperidine rings is 1. The fourth-order valence-corrected chi connectivity index (χ4v) is 3.36. The summed E-state index contributed by atoms with van der Waals surface area (Å²) in [6.07, 6.45) is 6.62. The summed E-state index contributed by atoms with van der Waals surface area (Å²) in [6.45, 7) is 4.96. The molecular formula is C14H25NO3. The number of hydrogen-bond acceptors (Lipinski definition) is 3. The molecule has 2 unspecified atom stereocenters. The van der Waals surface area contributed by atoms with Crippen LogP contribution in [0.3, 0.4) is 0 Å². The SMILES string of the molecule is CC1CCCC1N1CCC(OCCC(=O)O)CC1. The minimum atomic E-state index is -0.771. The van der Waals surface area contributed by atoms with E-state index < -0.39 is 5.97 Å². The van der Waals surface area contributed by atoms with Crippen LogP contribution in [0.25, 0.3) is 0 Å². The smallest absolute Gasteiger partial charge is 0.305 e. The Labute approximate surface area is 109 Å². The molecule has 1 aliphatic heterocycles. The van der Waals surface area contributed by atoms with Gasteiger partial charge in [0.2, 0.25) is 0 Å². The minimum absolute atomic E-state index is 0.125. The first kappa shape index (κ1) is 13.8. The van der Waals surface area contributed by atoms with Gasteiger partial charge in [-0.15, -0.1) is 0 Å². The first-order chi connectivity index (χ1) is 8.66. The number of rotatable bonds is 5.